The van der Waals surface area contributed by atoms with Gasteiger partial charge in [0, 0.05) is 22.5 Å². The van der Waals surface area contributed by atoms with Gasteiger partial charge in [0.25, 0.3) is 10.0 Å². The smallest absolute Gasteiger partial charge is 0.241 e. The molecule has 8 heteroatoms. The molecule has 0 unspecified atom stereocenters. The van der Waals surface area contributed by atoms with E-state index in [-0.39, 0.29) is 20.9 Å². The fraction of sp³-hybridized carbons (Fsp3) is 0.0455. The quantitative estimate of drug-likeness (QED) is 0.421. The molecule has 0 saturated carbocycles. The Bertz CT molecular complexity index is 1420. The first-order chi connectivity index (χ1) is 14.3. The zero-order chi connectivity index (χ0) is 21.5. The van der Waals surface area contributed by atoms with Crippen molar-refractivity contribution in [3.05, 3.63) is 89.6 Å². The van der Waals surface area contributed by atoms with Crippen molar-refractivity contribution in [2.45, 2.75) is 21.6 Å². The minimum Gasteiger partial charge on any atom is -0.241 e. The predicted molar refractivity (Wildman–Crippen MR) is 111 cm³/mol. The molecular formula is C22H14F2N2O2S2. The lowest BCUT2D eigenvalue weighted by molar-refractivity contribution is 0.588. The molecule has 0 atom stereocenters. The first kappa shape index (κ1) is 20.1. The maximum Gasteiger partial charge on any atom is 0.268 e. The van der Waals surface area contributed by atoms with Crippen LogP contribution >= 0.6 is 11.8 Å². The van der Waals surface area contributed by atoms with Crippen molar-refractivity contribution in [3.8, 4) is 6.07 Å². The zero-order valence-electron chi connectivity index (χ0n) is 15.6. The number of halogens is 2. The molecule has 0 saturated heterocycles. The zero-order valence-corrected chi connectivity index (χ0v) is 17.3. The second kappa shape index (κ2) is 7.59. The largest absolute Gasteiger partial charge is 0.268 e. The molecule has 0 spiro atoms. The Morgan fingerprint density at radius 2 is 1.73 bits per heavy atom. The molecule has 0 aliphatic rings. The third-order valence-electron chi connectivity index (χ3n) is 4.69. The number of fused-ring (bicyclic) bond motifs is 1. The van der Waals surface area contributed by atoms with Crippen LogP contribution in [0.25, 0.3) is 10.9 Å². The van der Waals surface area contributed by atoms with Crippen molar-refractivity contribution in [1.29, 1.82) is 5.26 Å². The number of rotatable bonds is 4. The monoisotopic (exact) mass is 440 g/mol. The van der Waals surface area contributed by atoms with Gasteiger partial charge in [-0.15, -0.1) is 0 Å². The molecule has 0 amide bonds. The molecule has 4 aromatic rings. The Hall–Kier alpha value is -3.15. The van der Waals surface area contributed by atoms with E-state index in [2.05, 4.69) is 0 Å². The third-order valence-corrected chi connectivity index (χ3v) is 7.59. The van der Waals surface area contributed by atoms with Gasteiger partial charge in [-0.25, -0.2) is 21.2 Å². The molecule has 0 aliphatic carbocycles. The highest BCUT2D eigenvalue weighted by Crippen LogP contribution is 2.38. The van der Waals surface area contributed by atoms with Crippen molar-refractivity contribution in [2.75, 3.05) is 0 Å². The summed E-state index contributed by atoms with van der Waals surface area (Å²) in [5.74, 6) is -1.24. The van der Waals surface area contributed by atoms with Gasteiger partial charge in [0.05, 0.1) is 20.9 Å². The number of hydrogen-bond donors (Lipinski definition) is 0. The molecule has 4 rings (SSSR count). The van der Waals surface area contributed by atoms with Crippen molar-refractivity contribution < 1.29 is 17.2 Å². The molecule has 30 heavy (non-hydrogen) atoms. The summed E-state index contributed by atoms with van der Waals surface area (Å²) in [6.07, 6.45) is 1.40. The van der Waals surface area contributed by atoms with E-state index < -0.39 is 21.7 Å². The number of aryl methyl sites for hydroxylation is 1. The predicted octanol–water partition coefficient (Wildman–Crippen LogP) is 5.49. The van der Waals surface area contributed by atoms with Gasteiger partial charge in [0.1, 0.15) is 17.7 Å². The van der Waals surface area contributed by atoms with E-state index >= 15 is 4.39 Å². The van der Waals surface area contributed by atoms with Gasteiger partial charge in [0.15, 0.2) is 0 Å². The van der Waals surface area contributed by atoms with Crippen LogP contribution in [0.2, 0.25) is 0 Å². The van der Waals surface area contributed by atoms with E-state index in [4.69, 9.17) is 5.26 Å². The van der Waals surface area contributed by atoms with Crippen molar-refractivity contribution >= 4 is 32.7 Å². The summed E-state index contributed by atoms with van der Waals surface area (Å²) >= 11 is 1.06. The van der Waals surface area contributed by atoms with E-state index in [1.165, 1.54) is 36.5 Å². The summed E-state index contributed by atoms with van der Waals surface area (Å²) in [5, 5.41) is 9.58. The van der Waals surface area contributed by atoms with Gasteiger partial charge in [-0.05, 0) is 48.9 Å². The molecule has 0 N–H and O–H groups in total. The maximum atomic E-state index is 15.0. The van der Waals surface area contributed by atoms with E-state index in [9.17, 15) is 12.8 Å². The van der Waals surface area contributed by atoms with Crippen LogP contribution in [0.4, 0.5) is 8.78 Å². The third kappa shape index (κ3) is 3.36. The lowest BCUT2D eigenvalue weighted by atomic mass is 10.1. The van der Waals surface area contributed by atoms with Crippen LogP contribution in [-0.4, -0.2) is 12.4 Å². The Balaban J connectivity index is 1.82. The number of hydrogen-bond acceptors (Lipinski definition) is 4. The summed E-state index contributed by atoms with van der Waals surface area (Å²) < 4.78 is 55.6. The van der Waals surface area contributed by atoms with Gasteiger partial charge < -0.3 is 0 Å². The van der Waals surface area contributed by atoms with Gasteiger partial charge in [-0.1, -0.05) is 30.0 Å². The van der Waals surface area contributed by atoms with Crippen LogP contribution in [0.15, 0.2) is 81.5 Å². The molecule has 3 aromatic carbocycles. The topological polar surface area (TPSA) is 62.9 Å². The summed E-state index contributed by atoms with van der Waals surface area (Å²) in [4.78, 5) is 0.896. The number of aromatic nitrogens is 1. The number of benzene rings is 3. The summed E-state index contributed by atoms with van der Waals surface area (Å²) in [6.45, 7) is 1.70. The number of nitriles is 1. The fourth-order valence-electron chi connectivity index (χ4n) is 3.18. The second-order valence-corrected chi connectivity index (χ2v) is 9.43. The molecule has 1 heterocycles. The Labute approximate surface area is 176 Å². The average Bonchev–Trinajstić information content (AvgIpc) is 3.17. The van der Waals surface area contributed by atoms with E-state index in [0.29, 0.717) is 15.8 Å². The molecule has 0 bridgehead atoms. The Kier molecular flexibility index (Phi) is 5.10. The lowest BCUT2D eigenvalue weighted by Crippen LogP contribution is -2.11. The Morgan fingerprint density at radius 3 is 2.43 bits per heavy atom. The highest BCUT2D eigenvalue weighted by atomic mass is 32.2. The molecule has 150 valence electrons. The highest BCUT2D eigenvalue weighted by molar-refractivity contribution is 7.99. The van der Waals surface area contributed by atoms with Crippen molar-refractivity contribution in [3.63, 3.8) is 0 Å². The van der Waals surface area contributed by atoms with Crippen molar-refractivity contribution in [2.24, 2.45) is 0 Å². The van der Waals surface area contributed by atoms with E-state index in [0.717, 1.165) is 21.8 Å². The first-order valence-corrected chi connectivity index (χ1v) is 11.1. The highest BCUT2D eigenvalue weighted by Gasteiger charge is 2.22. The minimum atomic E-state index is -3.88. The van der Waals surface area contributed by atoms with E-state index in [1.54, 1.807) is 37.3 Å². The van der Waals surface area contributed by atoms with Crippen LogP contribution in [-0.2, 0) is 10.0 Å². The standard InChI is InChI=1S/C22H14F2N2O2S2/c1-14-18-9-10-26(30(27,28)17-5-3-2-4-6-17)21(18)12-20(24)22(14)29-16-7-8-19(23)15(11-16)13-25/h2-12H,1H3. The molecule has 0 fully saturated rings. The maximum absolute atomic E-state index is 15.0. The molecule has 0 radical (unpaired) electrons. The van der Waals surface area contributed by atoms with Crippen LogP contribution in [0, 0.1) is 29.9 Å². The number of nitrogens with zero attached hydrogens (tertiary/aromatic N) is 2. The van der Waals surface area contributed by atoms with Crippen LogP contribution in [0.3, 0.4) is 0 Å². The Morgan fingerprint density at radius 1 is 1.00 bits per heavy atom. The van der Waals surface area contributed by atoms with Gasteiger partial charge >= 0.3 is 0 Å². The lowest BCUT2D eigenvalue weighted by Gasteiger charge is -2.12. The SMILES string of the molecule is Cc1c(Sc2ccc(F)c(C#N)c2)c(F)cc2c1ccn2S(=O)(=O)c1ccccc1. The van der Waals surface area contributed by atoms with Crippen LogP contribution in [0.1, 0.15) is 11.1 Å². The molecule has 4 nitrogen and oxygen atoms in total. The van der Waals surface area contributed by atoms with Gasteiger partial charge in [0.2, 0.25) is 0 Å². The fourth-order valence-corrected chi connectivity index (χ4v) is 5.51. The normalized spacial score (nSPS) is 11.5. The van der Waals surface area contributed by atoms with E-state index in [1.807, 2.05) is 0 Å². The van der Waals surface area contributed by atoms with Gasteiger partial charge in [-0.2, -0.15) is 5.26 Å². The second-order valence-electron chi connectivity index (χ2n) is 6.53. The summed E-state index contributed by atoms with van der Waals surface area (Å²) in [6, 6.07) is 16.5. The van der Waals surface area contributed by atoms with Crippen molar-refractivity contribution in [1.82, 2.24) is 3.97 Å². The minimum absolute atomic E-state index is 0.106. The molecule has 0 aliphatic heterocycles. The average molecular weight is 440 g/mol. The summed E-state index contributed by atoms with van der Waals surface area (Å²) in [7, 11) is -3.88. The van der Waals surface area contributed by atoms with Crippen LogP contribution in [0.5, 0.6) is 0 Å². The van der Waals surface area contributed by atoms with Gasteiger partial charge in [-0.3, -0.25) is 0 Å². The first-order valence-electron chi connectivity index (χ1n) is 8.81. The molecule has 1 aromatic heterocycles. The molecular weight excluding hydrogens is 426 g/mol. The summed E-state index contributed by atoms with van der Waals surface area (Å²) in [5.41, 5.74) is 0.661. The van der Waals surface area contributed by atoms with Crippen LogP contribution < -0.4 is 0 Å².